The predicted molar refractivity (Wildman–Crippen MR) is 129 cm³/mol. The van der Waals surface area contributed by atoms with Gasteiger partial charge in [-0.05, 0) is 36.6 Å². The maximum absolute atomic E-state index is 12.3. The van der Waals surface area contributed by atoms with E-state index in [1.54, 1.807) is 12.1 Å². The van der Waals surface area contributed by atoms with Gasteiger partial charge in [0.25, 0.3) is 5.69 Å². The van der Waals surface area contributed by atoms with Gasteiger partial charge in [-0.2, -0.15) is 0 Å². The highest BCUT2D eigenvalue weighted by Crippen LogP contribution is 2.27. The van der Waals surface area contributed by atoms with Gasteiger partial charge in [0.15, 0.2) is 11.0 Å². The first-order valence-corrected chi connectivity index (χ1v) is 12.1. The highest BCUT2D eigenvalue weighted by atomic mass is 32.2. The van der Waals surface area contributed by atoms with Crippen molar-refractivity contribution < 1.29 is 9.72 Å². The van der Waals surface area contributed by atoms with Crippen LogP contribution < -0.4 is 5.32 Å². The van der Waals surface area contributed by atoms with E-state index >= 15 is 0 Å². The van der Waals surface area contributed by atoms with Crippen molar-refractivity contribution in [2.24, 2.45) is 0 Å². The van der Waals surface area contributed by atoms with Gasteiger partial charge in [-0.3, -0.25) is 19.5 Å². The molecule has 1 heterocycles. The van der Waals surface area contributed by atoms with Crippen LogP contribution in [0.25, 0.3) is 5.69 Å². The topological polar surface area (TPSA) is 103 Å². The Hall–Kier alpha value is -3.20. The smallest absolute Gasteiger partial charge is 0.269 e. The molecule has 0 unspecified atom stereocenters. The number of aryl methyl sites for hydroxylation is 1. The molecule has 33 heavy (non-hydrogen) atoms. The molecule has 0 radical (unpaired) electrons. The molecule has 0 aliphatic carbocycles. The van der Waals surface area contributed by atoms with Crippen molar-refractivity contribution in [2.75, 3.05) is 0 Å². The number of non-ortho nitro benzene ring substituents is 1. The van der Waals surface area contributed by atoms with E-state index in [9.17, 15) is 14.9 Å². The van der Waals surface area contributed by atoms with E-state index in [0.29, 0.717) is 28.8 Å². The Kier molecular flexibility index (Phi) is 9.00. The van der Waals surface area contributed by atoms with E-state index in [2.05, 4.69) is 41.5 Å². The summed E-state index contributed by atoms with van der Waals surface area (Å²) in [4.78, 5) is 22.9. The number of unbranched alkanes of at least 4 members (excludes halogenated alkanes) is 3. The van der Waals surface area contributed by atoms with Crippen LogP contribution >= 0.6 is 11.8 Å². The van der Waals surface area contributed by atoms with Crippen molar-refractivity contribution in [1.82, 2.24) is 20.1 Å². The van der Waals surface area contributed by atoms with E-state index in [1.807, 2.05) is 16.7 Å². The van der Waals surface area contributed by atoms with Gasteiger partial charge in [0.1, 0.15) is 0 Å². The summed E-state index contributed by atoms with van der Waals surface area (Å²) < 4.78 is 1.85. The van der Waals surface area contributed by atoms with Crippen molar-refractivity contribution in [2.45, 2.75) is 63.4 Å². The standard InChI is InChI=1S/C24H29N5O3S/c1-3-4-5-6-11-23(30)25-16-22-26-27-24(33-17-19-10-8-7-9-18(19)2)28(22)20-12-14-21(15-13-20)29(31)32/h7-10,12-15H,3-6,11,16-17H2,1-2H3,(H,25,30). The normalized spacial score (nSPS) is 10.8. The van der Waals surface area contributed by atoms with Crippen LogP contribution in [0.1, 0.15) is 56.0 Å². The van der Waals surface area contributed by atoms with Crippen LogP contribution in [0.2, 0.25) is 0 Å². The number of thioether (sulfide) groups is 1. The number of nitrogens with one attached hydrogen (secondary N) is 1. The Morgan fingerprint density at radius 3 is 2.55 bits per heavy atom. The zero-order valence-corrected chi connectivity index (χ0v) is 19.8. The van der Waals surface area contributed by atoms with Crippen LogP contribution in [0.15, 0.2) is 53.7 Å². The quantitative estimate of drug-likeness (QED) is 0.166. The van der Waals surface area contributed by atoms with E-state index in [-0.39, 0.29) is 18.1 Å². The largest absolute Gasteiger partial charge is 0.349 e. The van der Waals surface area contributed by atoms with Crippen LogP contribution in [0.5, 0.6) is 0 Å². The third-order valence-electron chi connectivity index (χ3n) is 5.34. The second kappa shape index (κ2) is 12.2. The minimum absolute atomic E-state index is 0.0153. The number of carbonyl (C=O) groups excluding carboxylic acids is 1. The van der Waals surface area contributed by atoms with E-state index in [1.165, 1.54) is 35.0 Å². The molecule has 1 N–H and O–H groups in total. The van der Waals surface area contributed by atoms with Crippen molar-refractivity contribution in [3.05, 3.63) is 75.6 Å². The van der Waals surface area contributed by atoms with Crippen LogP contribution in [0, 0.1) is 17.0 Å². The zero-order valence-electron chi connectivity index (χ0n) is 19.0. The molecule has 0 saturated carbocycles. The Labute approximate surface area is 198 Å². The molecule has 0 spiro atoms. The number of hydrogen-bond donors (Lipinski definition) is 1. The minimum atomic E-state index is -0.427. The summed E-state index contributed by atoms with van der Waals surface area (Å²) in [5, 5.41) is 23.3. The third kappa shape index (κ3) is 6.89. The fourth-order valence-corrected chi connectivity index (χ4v) is 4.43. The second-order valence-electron chi connectivity index (χ2n) is 7.81. The molecule has 0 aliphatic rings. The van der Waals surface area contributed by atoms with Gasteiger partial charge in [0.05, 0.1) is 11.5 Å². The fourth-order valence-electron chi connectivity index (χ4n) is 3.38. The second-order valence-corrected chi connectivity index (χ2v) is 8.75. The van der Waals surface area contributed by atoms with Crippen molar-refractivity contribution in [3.8, 4) is 5.69 Å². The molecule has 3 aromatic rings. The minimum Gasteiger partial charge on any atom is -0.349 e. The summed E-state index contributed by atoms with van der Waals surface area (Å²) >= 11 is 1.54. The predicted octanol–water partition coefficient (Wildman–Crippen LogP) is 5.36. The maximum Gasteiger partial charge on any atom is 0.269 e. The highest BCUT2D eigenvalue weighted by molar-refractivity contribution is 7.98. The Bertz CT molecular complexity index is 1080. The molecule has 0 atom stereocenters. The first kappa shape index (κ1) is 24.4. The average molecular weight is 468 g/mol. The van der Waals surface area contributed by atoms with Crippen molar-refractivity contribution >= 4 is 23.4 Å². The number of rotatable bonds is 12. The molecule has 0 fully saturated rings. The Morgan fingerprint density at radius 2 is 1.85 bits per heavy atom. The zero-order chi connectivity index (χ0) is 23.6. The lowest BCUT2D eigenvalue weighted by Crippen LogP contribution is -2.24. The van der Waals surface area contributed by atoms with Gasteiger partial charge >= 0.3 is 0 Å². The molecule has 8 nitrogen and oxygen atoms in total. The highest BCUT2D eigenvalue weighted by Gasteiger charge is 2.17. The van der Waals surface area contributed by atoms with E-state index < -0.39 is 4.92 Å². The van der Waals surface area contributed by atoms with Crippen LogP contribution in [0.3, 0.4) is 0 Å². The van der Waals surface area contributed by atoms with Gasteiger partial charge in [0, 0.05) is 30.0 Å². The monoisotopic (exact) mass is 467 g/mol. The maximum atomic E-state index is 12.3. The average Bonchev–Trinajstić information content (AvgIpc) is 3.23. The number of hydrogen-bond acceptors (Lipinski definition) is 6. The molecule has 2 aromatic carbocycles. The molecular formula is C24H29N5O3S. The van der Waals surface area contributed by atoms with E-state index in [4.69, 9.17) is 0 Å². The summed E-state index contributed by atoms with van der Waals surface area (Å²) in [6.07, 6.45) is 4.65. The first-order chi connectivity index (χ1) is 16.0. The molecule has 0 bridgehead atoms. The van der Waals surface area contributed by atoms with Gasteiger partial charge in [-0.25, -0.2) is 0 Å². The Balaban J connectivity index is 1.78. The van der Waals surface area contributed by atoms with E-state index in [0.717, 1.165) is 25.7 Å². The summed E-state index contributed by atoms with van der Waals surface area (Å²) in [7, 11) is 0. The van der Waals surface area contributed by atoms with Gasteiger partial charge in [0.2, 0.25) is 5.91 Å². The number of amides is 1. The number of nitro benzene ring substituents is 1. The lowest BCUT2D eigenvalue weighted by Gasteiger charge is -2.11. The molecule has 3 rings (SSSR count). The van der Waals surface area contributed by atoms with Crippen LogP contribution in [-0.2, 0) is 17.1 Å². The summed E-state index contributed by atoms with van der Waals surface area (Å²) in [5.41, 5.74) is 3.12. The lowest BCUT2D eigenvalue weighted by molar-refractivity contribution is -0.384. The molecule has 1 aromatic heterocycles. The third-order valence-corrected chi connectivity index (χ3v) is 6.32. The van der Waals surface area contributed by atoms with Crippen LogP contribution in [0.4, 0.5) is 5.69 Å². The van der Waals surface area contributed by atoms with Crippen molar-refractivity contribution in [1.29, 1.82) is 0 Å². The molecule has 0 aliphatic heterocycles. The number of benzene rings is 2. The molecule has 174 valence electrons. The molecule has 9 heteroatoms. The number of nitrogens with zero attached hydrogens (tertiary/aromatic N) is 4. The number of carbonyl (C=O) groups is 1. The number of nitro groups is 1. The van der Waals surface area contributed by atoms with Gasteiger partial charge < -0.3 is 5.32 Å². The first-order valence-electron chi connectivity index (χ1n) is 11.1. The summed E-state index contributed by atoms with van der Waals surface area (Å²) in [6.45, 7) is 4.44. The Morgan fingerprint density at radius 1 is 1.09 bits per heavy atom. The van der Waals surface area contributed by atoms with Gasteiger partial charge in [-0.15, -0.1) is 10.2 Å². The fraction of sp³-hybridized carbons (Fsp3) is 0.375. The molecule has 0 saturated heterocycles. The van der Waals surface area contributed by atoms with Crippen LogP contribution in [-0.4, -0.2) is 25.6 Å². The number of aromatic nitrogens is 3. The van der Waals surface area contributed by atoms with Gasteiger partial charge in [-0.1, -0.05) is 62.2 Å². The summed E-state index contributed by atoms with van der Waals surface area (Å²) in [6, 6.07) is 14.4. The van der Waals surface area contributed by atoms with Crippen molar-refractivity contribution in [3.63, 3.8) is 0 Å². The summed E-state index contributed by atoms with van der Waals surface area (Å²) in [5.74, 6) is 1.28. The SMILES string of the molecule is CCCCCCC(=O)NCc1nnc(SCc2ccccc2C)n1-c1ccc([N+](=O)[O-])cc1. The lowest BCUT2D eigenvalue weighted by atomic mass is 10.1. The molecular weight excluding hydrogens is 438 g/mol. The molecule has 1 amide bonds.